The van der Waals surface area contributed by atoms with Crippen LogP contribution in [-0.2, 0) is 0 Å². The Morgan fingerprint density at radius 1 is 1.55 bits per heavy atom. The second-order valence-corrected chi connectivity index (χ2v) is 2.67. The van der Waals surface area contributed by atoms with Gasteiger partial charge in [0.15, 0.2) is 0 Å². The van der Waals surface area contributed by atoms with Gasteiger partial charge in [-0.2, -0.15) is 0 Å². The Morgan fingerprint density at radius 2 is 2.27 bits per heavy atom. The third kappa shape index (κ3) is 2.22. The van der Waals surface area contributed by atoms with Crippen LogP contribution in [-0.4, -0.2) is 11.1 Å². The molecule has 0 aliphatic rings. The standard InChI is InChI=1S/C9H12NO/c1-7(2)11-9-5-4-6-10-8(9)3/h4,6-7H,1-3H3. The van der Waals surface area contributed by atoms with E-state index in [2.05, 4.69) is 11.1 Å². The minimum Gasteiger partial charge on any atom is -0.488 e. The predicted octanol–water partition coefficient (Wildman–Crippen LogP) is 1.98. The van der Waals surface area contributed by atoms with Crippen LogP contribution in [0.15, 0.2) is 12.3 Å². The molecule has 0 fully saturated rings. The first kappa shape index (κ1) is 8.05. The number of hydrogen-bond acceptors (Lipinski definition) is 2. The van der Waals surface area contributed by atoms with Crippen LogP contribution >= 0.6 is 0 Å². The van der Waals surface area contributed by atoms with Crippen molar-refractivity contribution in [2.45, 2.75) is 26.9 Å². The van der Waals surface area contributed by atoms with Crippen molar-refractivity contribution >= 4 is 0 Å². The van der Waals surface area contributed by atoms with E-state index in [9.17, 15) is 0 Å². The molecule has 0 atom stereocenters. The molecule has 0 bridgehead atoms. The molecular formula is C9H12NO. The molecule has 11 heavy (non-hydrogen) atoms. The summed E-state index contributed by atoms with van der Waals surface area (Å²) in [5.74, 6) is 0.752. The zero-order valence-electron chi connectivity index (χ0n) is 7.09. The molecule has 0 spiro atoms. The first-order valence-electron chi connectivity index (χ1n) is 3.70. The monoisotopic (exact) mass is 150 g/mol. The van der Waals surface area contributed by atoms with Crippen LogP contribution < -0.4 is 4.74 Å². The van der Waals surface area contributed by atoms with Crippen LogP contribution in [0.3, 0.4) is 0 Å². The third-order valence-electron chi connectivity index (χ3n) is 1.24. The lowest BCUT2D eigenvalue weighted by Gasteiger charge is -2.09. The van der Waals surface area contributed by atoms with E-state index in [1.807, 2.05) is 20.8 Å². The Hall–Kier alpha value is -1.05. The fourth-order valence-corrected chi connectivity index (χ4v) is 0.780. The molecule has 2 heteroatoms. The smallest absolute Gasteiger partial charge is 0.148 e. The fraction of sp³-hybridized carbons (Fsp3) is 0.444. The molecular weight excluding hydrogens is 138 g/mol. The minimum atomic E-state index is 0.189. The highest BCUT2D eigenvalue weighted by Crippen LogP contribution is 2.13. The van der Waals surface area contributed by atoms with E-state index >= 15 is 0 Å². The molecule has 1 aromatic rings. The molecule has 0 aliphatic carbocycles. The van der Waals surface area contributed by atoms with Crippen molar-refractivity contribution in [3.63, 3.8) is 0 Å². The van der Waals surface area contributed by atoms with Gasteiger partial charge < -0.3 is 4.74 Å². The van der Waals surface area contributed by atoms with Gasteiger partial charge in [0.1, 0.15) is 5.75 Å². The van der Waals surface area contributed by atoms with Gasteiger partial charge in [0.25, 0.3) is 0 Å². The Labute approximate surface area is 67.2 Å². The van der Waals surface area contributed by atoms with Gasteiger partial charge in [0, 0.05) is 12.3 Å². The molecule has 59 valence electrons. The first-order chi connectivity index (χ1) is 5.20. The number of hydrogen-bond donors (Lipinski definition) is 0. The summed E-state index contributed by atoms with van der Waals surface area (Å²) in [5.41, 5.74) is 0.890. The Bertz CT molecular complexity index is 233. The number of rotatable bonds is 2. The van der Waals surface area contributed by atoms with Crippen LogP contribution in [0, 0.1) is 13.0 Å². The van der Waals surface area contributed by atoms with Crippen LogP contribution in [0.4, 0.5) is 0 Å². The summed E-state index contributed by atoms with van der Waals surface area (Å²) in [5, 5.41) is 0. The van der Waals surface area contributed by atoms with Gasteiger partial charge in [-0.15, -0.1) is 0 Å². The molecule has 2 nitrogen and oxygen atoms in total. The van der Waals surface area contributed by atoms with Crippen molar-refractivity contribution in [2.24, 2.45) is 0 Å². The third-order valence-corrected chi connectivity index (χ3v) is 1.24. The Kier molecular flexibility index (Phi) is 2.47. The van der Waals surface area contributed by atoms with E-state index in [4.69, 9.17) is 4.74 Å². The van der Waals surface area contributed by atoms with Gasteiger partial charge in [-0.05, 0) is 26.8 Å². The highest BCUT2D eigenvalue weighted by atomic mass is 16.5. The average Bonchev–Trinajstić information content (AvgIpc) is 1.93. The molecule has 0 aliphatic heterocycles. The topological polar surface area (TPSA) is 22.1 Å². The maximum atomic E-state index is 5.43. The molecule has 0 amide bonds. The van der Waals surface area contributed by atoms with Gasteiger partial charge in [0.05, 0.1) is 11.8 Å². The van der Waals surface area contributed by atoms with Gasteiger partial charge in [0.2, 0.25) is 0 Å². The molecule has 0 unspecified atom stereocenters. The van der Waals surface area contributed by atoms with E-state index in [-0.39, 0.29) is 6.10 Å². The fourth-order valence-electron chi connectivity index (χ4n) is 0.780. The molecule has 0 saturated heterocycles. The van der Waals surface area contributed by atoms with E-state index in [0.717, 1.165) is 11.4 Å². The van der Waals surface area contributed by atoms with Crippen LogP contribution in [0.25, 0.3) is 0 Å². The minimum absolute atomic E-state index is 0.189. The second-order valence-electron chi connectivity index (χ2n) is 2.67. The maximum Gasteiger partial charge on any atom is 0.148 e. The molecule has 0 N–H and O–H groups in total. The van der Waals surface area contributed by atoms with Crippen LogP contribution in [0.1, 0.15) is 19.5 Å². The van der Waals surface area contributed by atoms with Crippen molar-refractivity contribution in [3.8, 4) is 5.75 Å². The van der Waals surface area contributed by atoms with Gasteiger partial charge in [-0.3, -0.25) is 4.98 Å². The summed E-state index contributed by atoms with van der Waals surface area (Å²) in [7, 11) is 0. The molecule has 0 saturated carbocycles. The average molecular weight is 150 g/mol. The first-order valence-corrected chi connectivity index (χ1v) is 3.70. The van der Waals surface area contributed by atoms with Crippen molar-refractivity contribution < 1.29 is 4.74 Å². The lowest BCUT2D eigenvalue weighted by molar-refractivity contribution is 0.239. The summed E-state index contributed by atoms with van der Waals surface area (Å²) < 4.78 is 5.43. The van der Waals surface area contributed by atoms with Gasteiger partial charge in [-0.1, -0.05) is 0 Å². The molecule has 1 radical (unpaired) electrons. The highest BCUT2D eigenvalue weighted by molar-refractivity contribution is 5.23. The number of ether oxygens (including phenoxy) is 1. The summed E-state index contributed by atoms with van der Waals surface area (Å²) in [4.78, 5) is 4.08. The lowest BCUT2D eigenvalue weighted by atomic mass is 10.3. The zero-order chi connectivity index (χ0) is 8.27. The van der Waals surface area contributed by atoms with Gasteiger partial charge in [-0.25, -0.2) is 0 Å². The van der Waals surface area contributed by atoms with E-state index in [1.54, 1.807) is 12.3 Å². The molecule has 1 aromatic heterocycles. The van der Waals surface area contributed by atoms with Crippen molar-refractivity contribution in [2.75, 3.05) is 0 Å². The number of aryl methyl sites for hydroxylation is 1. The van der Waals surface area contributed by atoms with Crippen molar-refractivity contribution in [3.05, 3.63) is 24.0 Å². The normalized spacial score (nSPS) is 10.2. The lowest BCUT2D eigenvalue weighted by Crippen LogP contribution is -2.07. The Balaban J connectivity index is 2.78. The number of pyridine rings is 1. The van der Waals surface area contributed by atoms with Gasteiger partial charge >= 0.3 is 0 Å². The van der Waals surface area contributed by atoms with Crippen molar-refractivity contribution in [1.82, 2.24) is 4.98 Å². The summed E-state index contributed by atoms with van der Waals surface area (Å²) in [6, 6.07) is 4.74. The van der Waals surface area contributed by atoms with E-state index < -0.39 is 0 Å². The number of aromatic nitrogens is 1. The largest absolute Gasteiger partial charge is 0.488 e. The highest BCUT2D eigenvalue weighted by Gasteiger charge is 2.00. The molecule has 0 aromatic carbocycles. The summed E-state index contributed by atoms with van der Waals surface area (Å²) in [6.45, 7) is 5.88. The summed E-state index contributed by atoms with van der Waals surface area (Å²) >= 11 is 0. The molecule has 1 rings (SSSR count). The SMILES string of the molecule is Cc1ncc[c]c1OC(C)C. The maximum absolute atomic E-state index is 5.43. The second kappa shape index (κ2) is 3.37. The van der Waals surface area contributed by atoms with Crippen LogP contribution in [0.5, 0.6) is 5.75 Å². The zero-order valence-corrected chi connectivity index (χ0v) is 7.09. The van der Waals surface area contributed by atoms with E-state index in [0.29, 0.717) is 0 Å². The van der Waals surface area contributed by atoms with Crippen LogP contribution in [0.2, 0.25) is 0 Å². The van der Waals surface area contributed by atoms with E-state index in [1.165, 1.54) is 0 Å². The Morgan fingerprint density at radius 3 is 2.82 bits per heavy atom. The number of nitrogens with zero attached hydrogens (tertiary/aromatic N) is 1. The van der Waals surface area contributed by atoms with Crippen molar-refractivity contribution in [1.29, 1.82) is 0 Å². The molecule has 1 heterocycles. The summed E-state index contributed by atoms with van der Waals surface area (Å²) in [6.07, 6.45) is 1.90. The predicted molar refractivity (Wildman–Crippen MR) is 43.6 cm³/mol. The quantitative estimate of drug-likeness (QED) is 0.643.